The number of carbonyl (C=O) groups is 2. The molecule has 3 aromatic rings. The molecule has 0 bridgehead atoms. The average Bonchev–Trinajstić information content (AvgIpc) is 3.14. The number of carbonyl (C=O) groups excluding carboxylic acids is 2. The highest BCUT2D eigenvalue weighted by Gasteiger charge is 2.26. The van der Waals surface area contributed by atoms with Crippen LogP contribution < -0.4 is 5.32 Å². The van der Waals surface area contributed by atoms with Crippen LogP contribution in [0.15, 0.2) is 48.8 Å². The van der Waals surface area contributed by atoms with Crippen LogP contribution in [0.3, 0.4) is 0 Å². The van der Waals surface area contributed by atoms with Crippen LogP contribution in [0.4, 0.5) is 4.39 Å². The Bertz CT molecular complexity index is 981. The predicted molar refractivity (Wildman–Crippen MR) is 102 cm³/mol. The van der Waals surface area contributed by atoms with Gasteiger partial charge >= 0.3 is 0 Å². The minimum atomic E-state index is -0.306. The summed E-state index contributed by atoms with van der Waals surface area (Å²) in [5, 5.41) is 3.49. The summed E-state index contributed by atoms with van der Waals surface area (Å²) in [7, 11) is 0. The fourth-order valence-electron chi connectivity index (χ4n) is 3.28. The van der Waals surface area contributed by atoms with Crippen LogP contribution in [-0.2, 0) is 0 Å². The maximum absolute atomic E-state index is 13.9. The van der Waals surface area contributed by atoms with Crippen molar-refractivity contribution in [2.45, 2.75) is 18.9 Å². The van der Waals surface area contributed by atoms with Gasteiger partial charge in [-0.3, -0.25) is 14.6 Å². The first kappa shape index (κ1) is 17.6. The van der Waals surface area contributed by atoms with Crippen molar-refractivity contribution in [3.8, 4) is 0 Å². The van der Waals surface area contributed by atoms with E-state index in [9.17, 15) is 14.0 Å². The monoisotopic (exact) mass is 383 g/mol. The Balaban J connectivity index is 1.37. The largest absolute Gasteiger partial charge is 0.349 e. The number of thiophene rings is 1. The van der Waals surface area contributed by atoms with Crippen LogP contribution in [0.1, 0.15) is 32.9 Å². The summed E-state index contributed by atoms with van der Waals surface area (Å²) in [6, 6.07) is 9.99. The van der Waals surface area contributed by atoms with Crippen molar-refractivity contribution >= 4 is 33.2 Å². The minimum Gasteiger partial charge on any atom is -0.349 e. The summed E-state index contributed by atoms with van der Waals surface area (Å²) in [5.74, 6) is -0.528. The van der Waals surface area contributed by atoms with Crippen LogP contribution in [0.25, 0.3) is 10.1 Å². The van der Waals surface area contributed by atoms with Gasteiger partial charge in [0.2, 0.25) is 0 Å². The summed E-state index contributed by atoms with van der Waals surface area (Å²) < 4.78 is 14.6. The fourth-order valence-corrected chi connectivity index (χ4v) is 4.32. The number of piperidine rings is 1. The molecule has 0 spiro atoms. The number of hydrogen-bond acceptors (Lipinski definition) is 4. The van der Waals surface area contributed by atoms with E-state index in [1.54, 1.807) is 35.4 Å². The van der Waals surface area contributed by atoms with Crippen molar-refractivity contribution in [3.63, 3.8) is 0 Å². The number of fused-ring (bicyclic) bond motifs is 1. The van der Waals surface area contributed by atoms with Crippen LogP contribution in [0.5, 0.6) is 0 Å². The van der Waals surface area contributed by atoms with Crippen LogP contribution in [0.2, 0.25) is 0 Å². The number of halogens is 1. The molecule has 7 heteroatoms. The molecule has 1 N–H and O–H groups in total. The lowest BCUT2D eigenvalue weighted by Crippen LogP contribution is -2.46. The molecule has 138 valence electrons. The van der Waals surface area contributed by atoms with Gasteiger partial charge in [-0.1, -0.05) is 6.07 Å². The minimum absolute atomic E-state index is 0.0293. The lowest BCUT2D eigenvalue weighted by molar-refractivity contribution is 0.0703. The SMILES string of the molecule is O=C(NC1CCN(C(=O)c2cc3c(F)cccc3s2)CC1)c1cccnc1. The molecular formula is C20H18FN3O2S. The van der Waals surface area contributed by atoms with Crippen LogP contribution in [0, 0.1) is 5.82 Å². The Labute approximate surface area is 159 Å². The molecule has 0 saturated carbocycles. The Hall–Kier alpha value is -2.80. The lowest BCUT2D eigenvalue weighted by atomic mass is 10.0. The number of aromatic nitrogens is 1. The highest BCUT2D eigenvalue weighted by atomic mass is 32.1. The Morgan fingerprint density at radius 3 is 2.70 bits per heavy atom. The molecule has 0 aliphatic carbocycles. The third kappa shape index (κ3) is 3.68. The summed E-state index contributed by atoms with van der Waals surface area (Å²) >= 11 is 1.31. The number of hydrogen-bond donors (Lipinski definition) is 1. The maximum Gasteiger partial charge on any atom is 0.263 e. The zero-order valence-electron chi connectivity index (χ0n) is 14.5. The van der Waals surface area contributed by atoms with Crippen molar-refractivity contribution in [2.75, 3.05) is 13.1 Å². The summed E-state index contributed by atoms with van der Waals surface area (Å²) in [4.78, 5) is 31.2. The summed E-state index contributed by atoms with van der Waals surface area (Å²) in [6.07, 6.45) is 4.54. The summed E-state index contributed by atoms with van der Waals surface area (Å²) in [5.41, 5.74) is 0.531. The van der Waals surface area contributed by atoms with E-state index in [0.717, 1.165) is 4.70 Å². The van der Waals surface area contributed by atoms with Gasteiger partial charge in [-0.25, -0.2) is 4.39 Å². The molecule has 1 aromatic carbocycles. The molecule has 5 nitrogen and oxygen atoms in total. The molecule has 0 atom stereocenters. The first-order chi connectivity index (χ1) is 13.1. The predicted octanol–water partition coefficient (Wildman–Crippen LogP) is 3.47. The van der Waals surface area contributed by atoms with E-state index in [1.165, 1.54) is 23.6 Å². The second-order valence-corrected chi connectivity index (χ2v) is 7.63. The maximum atomic E-state index is 13.9. The van der Waals surface area contributed by atoms with E-state index in [1.807, 2.05) is 6.07 Å². The first-order valence-corrected chi connectivity index (χ1v) is 9.61. The molecule has 1 saturated heterocycles. The number of pyridine rings is 1. The third-order valence-corrected chi connectivity index (χ3v) is 5.85. The van der Waals surface area contributed by atoms with Gasteiger partial charge in [0, 0.05) is 41.6 Å². The molecular weight excluding hydrogens is 365 g/mol. The highest BCUT2D eigenvalue weighted by molar-refractivity contribution is 7.20. The smallest absolute Gasteiger partial charge is 0.263 e. The number of nitrogens with zero attached hydrogens (tertiary/aromatic N) is 2. The van der Waals surface area contributed by atoms with Crippen molar-refractivity contribution in [2.24, 2.45) is 0 Å². The Morgan fingerprint density at radius 1 is 1.19 bits per heavy atom. The van der Waals surface area contributed by atoms with E-state index in [-0.39, 0.29) is 23.7 Å². The normalized spacial score (nSPS) is 15.1. The summed E-state index contributed by atoms with van der Waals surface area (Å²) in [6.45, 7) is 1.13. The van der Waals surface area contributed by atoms with Gasteiger partial charge in [-0.2, -0.15) is 0 Å². The Kier molecular flexibility index (Phi) is 4.85. The van der Waals surface area contributed by atoms with Crippen molar-refractivity contribution in [1.29, 1.82) is 0 Å². The molecule has 2 amide bonds. The van der Waals surface area contributed by atoms with E-state index >= 15 is 0 Å². The molecule has 0 radical (unpaired) electrons. The van der Waals surface area contributed by atoms with E-state index in [2.05, 4.69) is 10.3 Å². The quantitative estimate of drug-likeness (QED) is 0.753. The Morgan fingerprint density at radius 2 is 2.00 bits per heavy atom. The van der Waals surface area contributed by atoms with Crippen molar-refractivity contribution in [1.82, 2.24) is 15.2 Å². The molecule has 27 heavy (non-hydrogen) atoms. The second-order valence-electron chi connectivity index (χ2n) is 6.54. The average molecular weight is 383 g/mol. The van der Waals surface area contributed by atoms with Gasteiger partial charge < -0.3 is 10.2 Å². The van der Waals surface area contributed by atoms with Gasteiger partial charge in [0.15, 0.2) is 0 Å². The van der Waals surface area contributed by atoms with Crippen LogP contribution in [-0.4, -0.2) is 40.8 Å². The van der Waals surface area contributed by atoms with Crippen molar-refractivity contribution in [3.05, 3.63) is 65.0 Å². The second kappa shape index (κ2) is 7.44. The zero-order valence-corrected chi connectivity index (χ0v) is 15.3. The number of rotatable bonds is 3. The molecule has 3 heterocycles. The molecule has 1 aliphatic heterocycles. The number of amides is 2. The van der Waals surface area contributed by atoms with E-state index in [4.69, 9.17) is 0 Å². The number of benzene rings is 1. The van der Waals surface area contributed by atoms with Crippen molar-refractivity contribution < 1.29 is 14.0 Å². The molecule has 4 rings (SSSR count). The molecule has 0 unspecified atom stereocenters. The number of nitrogens with one attached hydrogen (secondary N) is 1. The third-order valence-electron chi connectivity index (χ3n) is 4.76. The molecule has 1 fully saturated rings. The fraction of sp³-hybridized carbons (Fsp3) is 0.250. The van der Waals surface area contributed by atoms with E-state index < -0.39 is 0 Å². The standard InChI is InChI=1S/C20H18FN3O2S/c21-16-4-1-5-17-15(16)11-18(27-17)20(26)24-9-6-14(7-10-24)23-19(25)13-3-2-8-22-12-13/h1-5,8,11-12,14H,6-7,9-10H2,(H,23,25). The van der Waals surface area contributed by atoms with Gasteiger partial charge in [0.05, 0.1) is 10.4 Å². The number of likely N-dealkylation sites (tertiary alicyclic amines) is 1. The van der Waals surface area contributed by atoms with Gasteiger partial charge in [0.1, 0.15) is 5.82 Å². The molecule has 2 aromatic heterocycles. The van der Waals surface area contributed by atoms with Crippen LogP contribution >= 0.6 is 11.3 Å². The van der Waals surface area contributed by atoms with Gasteiger partial charge in [-0.05, 0) is 43.2 Å². The lowest BCUT2D eigenvalue weighted by Gasteiger charge is -2.32. The zero-order chi connectivity index (χ0) is 18.8. The topological polar surface area (TPSA) is 62.3 Å². The van der Waals surface area contributed by atoms with E-state index in [0.29, 0.717) is 41.8 Å². The van der Waals surface area contributed by atoms with Gasteiger partial charge in [-0.15, -0.1) is 11.3 Å². The van der Waals surface area contributed by atoms with Gasteiger partial charge in [0.25, 0.3) is 11.8 Å². The highest BCUT2D eigenvalue weighted by Crippen LogP contribution is 2.29. The molecule has 1 aliphatic rings. The first-order valence-electron chi connectivity index (χ1n) is 8.80.